The van der Waals surface area contributed by atoms with Crippen LogP contribution in [0, 0.1) is 5.21 Å². The Morgan fingerprint density at radius 2 is 1.91 bits per heavy atom. The molecule has 0 aliphatic carbocycles. The molecule has 7 nitrogen and oxygen atoms in total. The molecule has 1 unspecified atom stereocenters. The topological polar surface area (TPSA) is 97.1 Å². The Balaban J connectivity index is 2.55. The standard InChI is InChI=1S/C12H12F3N3O4/c1-11(2)9(19)17(10(20)16-11)6-3-4-8(18(21)22)7(5-6)12(13,14)15/h3-5,18,21H,1-2H3,(H,16,20). The number of urea groups is 1. The second-order valence-electron chi connectivity index (χ2n) is 5.23. The van der Waals surface area contributed by atoms with Crippen molar-refractivity contribution in [2.75, 3.05) is 4.90 Å². The fourth-order valence-corrected chi connectivity index (χ4v) is 2.08. The molecular formula is C12H12F3N3O4. The van der Waals surface area contributed by atoms with E-state index < -0.39 is 40.1 Å². The zero-order valence-corrected chi connectivity index (χ0v) is 11.5. The van der Waals surface area contributed by atoms with Crippen LogP contribution in [0.3, 0.4) is 0 Å². The Labute approximate surface area is 122 Å². The van der Waals surface area contributed by atoms with E-state index in [0.29, 0.717) is 17.0 Å². The Kier molecular flexibility index (Phi) is 3.63. The van der Waals surface area contributed by atoms with E-state index in [9.17, 15) is 28.0 Å². The Bertz CT molecular complexity index is 643. The number of halogens is 3. The van der Waals surface area contributed by atoms with Crippen molar-refractivity contribution < 1.29 is 33.2 Å². The van der Waals surface area contributed by atoms with Gasteiger partial charge in [0, 0.05) is 6.07 Å². The highest BCUT2D eigenvalue weighted by molar-refractivity contribution is 6.23. The molecule has 1 fully saturated rings. The van der Waals surface area contributed by atoms with Crippen LogP contribution in [0.5, 0.6) is 0 Å². The summed E-state index contributed by atoms with van der Waals surface area (Å²) in [5, 5.41) is 20.3. The minimum atomic E-state index is -4.93. The minimum Gasteiger partial charge on any atom is -0.595 e. The second kappa shape index (κ2) is 4.93. The highest BCUT2D eigenvalue weighted by atomic mass is 19.4. The monoisotopic (exact) mass is 319 g/mol. The number of quaternary nitrogens is 1. The van der Waals surface area contributed by atoms with Gasteiger partial charge in [0.05, 0.1) is 5.69 Å². The first-order valence-corrected chi connectivity index (χ1v) is 6.06. The number of amides is 3. The van der Waals surface area contributed by atoms with Gasteiger partial charge in [0.1, 0.15) is 11.1 Å². The molecule has 0 aromatic heterocycles. The summed E-state index contributed by atoms with van der Waals surface area (Å²) in [6, 6.07) is 1.30. The third-order valence-electron chi connectivity index (χ3n) is 3.16. The zero-order chi connectivity index (χ0) is 16.9. The van der Waals surface area contributed by atoms with Crippen molar-refractivity contribution in [3.63, 3.8) is 0 Å². The van der Waals surface area contributed by atoms with E-state index in [4.69, 9.17) is 5.21 Å². The van der Waals surface area contributed by atoms with Gasteiger partial charge in [-0.2, -0.15) is 18.4 Å². The number of hydrogen-bond donors (Lipinski definition) is 3. The van der Waals surface area contributed by atoms with Crippen molar-refractivity contribution in [2.45, 2.75) is 25.6 Å². The molecule has 120 valence electrons. The van der Waals surface area contributed by atoms with Crippen LogP contribution in [0.1, 0.15) is 19.4 Å². The summed E-state index contributed by atoms with van der Waals surface area (Å²) in [5.74, 6) is -0.728. The van der Waals surface area contributed by atoms with E-state index in [-0.39, 0.29) is 5.69 Å². The molecular weight excluding hydrogens is 307 g/mol. The molecule has 0 radical (unpaired) electrons. The van der Waals surface area contributed by atoms with Gasteiger partial charge < -0.3 is 10.5 Å². The van der Waals surface area contributed by atoms with Crippen LogP contribution < -0.4 is 15.4 Å². The lowest BCUT2D eigenvalue weighted by Gasteiger charge is -2.20. The SMILES string of the molecule is CC1(C)NC(=O)N(c2ccc([NH+]([O-])O)c(C(F)(F)F)c2)C1=O. The molecule has 1 atom stereocenters. The molecule has 0 saturated carbocycles. The number of rotatable bonds is 2. The lowest BCUT2D eigenvalue weighted by molar-refractivity contribution is -0.991. The largest absolute Gasteiger partial charge is 0.595 e. The molecule has 3 amide bonds. The third kappa shape index (κ3) is 2.63. The number of imide groups is 1. The van der Waals surface area contributed by atoms with Crippen LogP contribution in [0.25, 0.3) is 0 Å². The molecule has 10 heteroatoms. The minimum absolute atomic E-state index is 0.342. The van der Waals surface area contributed by atoms with E-state index in [1.807, 2.05) is 0 Å². The summed E-state index contributed by atoms with van der Waals surface area (Å²) in [6.45, 7) is 2.81. The molecule has 1 aliphatic rings. The Morgan fingerprint density at radius 3 is 2.32 bits per heavy atom. The Morgan fingerprint density at radius 1 is 1.32 bits per heavy atom. The summed E-state index contributed by atoms with van der Waals surface area (Å²) in [6.07, 6.45) is -4.93. The third-order valence-corrected chi connectivity index (χ3v) is 3.16. The second-order valence-corrected chi connectivity index (χ2v) is 5.23. The van der Waals surface area contributed by atoms with Gasteiger partial charge in [-0.15, -0.1) is 0 Å². The molecule has 1 aliphatic heterocycles. The summed E-state index contributed by atoms with van der Waals surface area (Å²) in [4.78, 5) is 24.4. The van der Waals surface area contributed by atoms with E-state index in [1.54, 1.807) is 0 Å². The van der Waals surface area contributed by atoms with Crippen LogP contribution in [0.2, 0.25) is 0 Å². The molecule has 1 aromatic carbocycles. The highest BCUT2D eigenvalue weighted by Gasteiger charge is 2.46. The Hall–Kier alpha value is -2.17. The van der Waals surface area contributed by atoms with Crippen LogP contribution in [0.4, 0.5) is 29.3 Å². The van der Waals surface area contributed by atoms with Gasteiger partial charge in [-0.05, 0) is 26.0 Å². The van der Waals surface area contributed by atoms with Gasteiger partial charge in [0.2, 0.25) is 0 Å². The molecule has 22 heavy (non-hydrogen) atoms. The molecule has 0 bridgehead atoms. The van der Waals surface area contributed by atoms with E-state index in [2.05, 4.69) is 5.32 Å². The van der Waals surface area contributed by atoms with Gasteiger partial charge in [0.25, 0.3) is 5.91 Å². The average Bonchev–Trinajstić information content (AvgIpc) is 2.56. The molecule has 2 rings (SSSR count). The van der Waals surface area contributed by atoms with Crippen LogP contribution in [0.15, 0.2) is 18.2 Å². The molecule has 1 aromatic rings. The molecule has 0 spiro atoms. The van der Waals surface area contributed by atoms with Crippen molar-refractivity contribution >= 4 is 23.3 Å². The maximum atomic E-state index is 13.0. The number of hydrogen-bond acceptors (Lipinski definition) is 4. The quantitative estimate of drug-likeness (QED) is 0.558. The maximum absolute atomic E-state index is 13.0. The number of nitrogens with zero attached hydrogens (tertiary/aromatic N) is 1. The molecule has 1 heterocycles. The average molecular weight is 319 g/mol. The van der Waals surface area contributed by atoms with E-state index in [1.165, 1.54) is 13.8 Å². The first-order chi connectivity index (χ1) is 9.95. The summed E-state index contributed by atoms with van der Waals surface area (Å²) < 4.78 is 38.9. The van der Waals surface area contributed by atoms with Gasteiger partial charge >= 0.3 is 12.2 Å². The van der Waals surface area contributed by atoms with Crippen molar-refractivity contribution in [2.24, 2.45) is 0 Å². The number of carbonyl (C=O) groups is 2. The first-order valence-electron chi connectivity index (χ1n) is 6.06. The van der Waals surface area contributed by atoms with Crippen molar-refractivity contribution in [3.05, 3.63) is 29.0 Å². The van der Waals surface area contributed by atoms with E-state index in [0.717, 1.165) is 6.07 Å². The lowest BCUT2D eigenvalue weighted by atomic mass is 10.1. The number of carbonyl (C=O) groups excluding carboxylic acids is 2. The first kappa shape index (κ1) is 16.2. The summed E-state index contributed by atoms with van der Waals surface area (Å²) >= 11 is 0. The summed E-state index contributed by atoms with van der Waals surface area (Å²) in [7, 11) is 0. The highest BCUT2D eigenvalue weighted by Crippen LogP contribution is 2.37. The molecule has 1 saturated heterocycles. The van der Waals surface area contributed by atoms with Crippen LogP contribution in [-0.4, -0.2) is 22.7 Å². The van der Waals surface area contributed by atoms with Crippen molar-refractivity contribution in [1.82, 2.24) is 5.32 Å². The van der Waals surface area contributed by atoms with Crippen molar-refractivity contribution in [3.8, 4) is 0 Å². The predicted molar refractivity (Wildman–Crippen MR) is 67.3 cm³/mol. The maximum Gasteiger partial charge on any atom is 0.422 e. The zero-order valence-electron chi connectivity index (χ0n) is 11.5. The van der Waals surface area contributed by atoms with Gasteiger partial charge in [-0.25, -0.2) is 14.9 Å². The fourth-order valence-electron chi connectivity index (χ4n) is 2.08. The smallest absolute Gasteiger partial charge is 0.422 e. The number of anilines is 1. The number of benzene rings is 1. The van der Waals surface area contributed by atoms with Gasteiger partial charge in [-0.3, -0.25) is 4.79 Å². The van der Waals surface area contributed by atoms with Crippen molar-refractivity contribution in [1.29, 1.82) is 0 Å². The number of nitrogens with one attached hydrogen (secondary N) is 2. The normalized spacial score (nSPS) is 19.3. The predicted octanol–water partition coefficient (Wildman–Crippen LogP) is 0.944. The van der Waals surface area contributed by atoms with Crippen LogP contribution >= 0.6 is 0 Å². The molecule has 3 N–H and O–H groups in total. The fraction of sp³-hybridized carbons (Fsp3) is 0.333. The van der Waals surface area contributed by atoms with Crippen LogP contribution in [-0.2, 0) is 11.0 Å². The number of alkyl halides is 3. The van der Waals surface area contributed by atoms with Gasteiger partial charge in [-0.1, -0.05) is 0 Å². The lowest BCUT2D eigenvalue weighted by Crippen LogP contribution is -2.99. The summed E-state index contributed by atoms with van der Waals surface area (Å²) in [5.41, 5.74) is -3.98. The van der Waals surface area contributed by atoms with E-state index >= 15 is 0 Å². The van der Waals surface area contributed by atoms with Gasteiger partial charge in [0.15, 0.2) is 5.69 Å².